The molecule has 3 rings (SSSR count). The van der Waals surface area contributed by atoms with Gasteiger partial charge in [-0.2, -0.15) is 0 Å². The van der Waals surface area contributed by atoms with Crippen LogP contribution in [0.3, 0.4) is 0 Å². The highest BCUT2D eigenvalue weighted by Crippen LogP contribution is 2.31. The van der Waals surface area contributed by atoms with E-state index < -0.39 is 0 Å². The van der Waals surface area contributed by atoms with Gasteiger partial charge in [-0.25, -0.2) is 0 Å². The number of hydrogen-bond acceptors (Lipinski definition) is 0. The molecule has 0 saturated carbocycles. The second-order valence-corrected chi connectivity index (χ2v) is 6.12. The fraction of sp³-hybridized carbons (Fsp3) is 0.250. The Bertz CT molecular complexity index is 710. The minimum atomic E-state index is 0.694. The van der Waals surface area contributed by atoms with E-state index in [1.165, 1.54) is 27.4 Å². The van der Waals surface area contributed by atoms with E-state index in [0.29, 0.717) is 5.92 Å². The molecule has 1 aromatic heterocycles. The van der Waals surface area contributed by atoms with Crippen molar-refractivity contribution in [1.82, 2.24) is 4.98 Å². The maximum absolute atomic E-state index is 3.60. The molecule has 2 heteroatoms. The van der Waals surface area contributed by atoms with Gasteiger partial charge in [-0.1, -0.05) is 32.0 Å². The predicted octanol–water partition coefficient (Wildman–Crippen LogP) is 5.28. The van der Waals surface area contributed by atoms with Crippen LogP contribution in [0.1, 0.15) is 19.4 Å². The van der Waals surface area contributed by atoms with E-state index >= 15 is 0 Å². The van der Waals surface area contributed by atoms with Gasteiger partial charge in [-0.15, -0.1) is 0 Å². The summed E-state index contributed by atoms with van der Waals surface area (Å²) < 4.78 is 1.13. The number of aromatic amines is 1. The second kappa shape index (κ2) is 4.43. The summed E-state index contributed by atoms with van der Waals surface area (Å²) in [5.41, 5.74) is 3.82. The Morgan fingerprint density at radius 3 is 2.72 bits per heavy atom. The highest BCUT2D eigenvalue weighted by atomic mass is 79.9. The lowest BCUT2D eigenvalue weighted by Crippen LogP contribution is -1.93. The van der Waals surface area contributed by atoms with Gasteiger partial charge >= 0.3 is 0 Å². The number of hydrogen-bond donors (Lipinski definition) is 1. The Balaban J connectivity index is 2.26. The highest BCUT2D eigenvalue weighted by molar-refractivity contribution is 9.10. The molecule has 0 aliphatic carbocycles. The van der Waals surface area contributed by atoms with Gasteiger partial charge < -0.3 is 4.98 Å². The number of nitrogens with one attached hydrogen (secondary N) is 1. The number of fused-ring (bicyclic) bond motifs is 3. The van der Waals surface area contributed by atoms with Gasteiger partial charge in [0.15, 0.2) is 0 Å². The maximum atomic E-state index is 3.60. The Morgan fingerprint density at radius 2 is 1.94 bits per heavy atom. The molecule has 0 fully saturated rings. The number of para-hydroxylation sites is 1. The fourth-order valence-corrected chi connectivity index (χ4v) is 3.00. The molecule has 92 valence electrons. The van der Waals surface area contributed by atoms with Crippen LogP contribution in [-0.2, 0) is 6.42 Å². The lowest BCUT2D eigenvalue weighted by Gasteiger charge is -2.04. The molecule has 1 nitrogen and oxygen atoms in total. The molecule has 0 aliphatic rings. The minimum absolute atomic E-state index is 0.694. The normalized spacial score (nSPS) is 11.8. The van der Waals surface area contributed by atoms with E-state index in [-0.39, 0.29) is 0 Å². The molecular weight excluding hydrogens is 286 g/mol. The summed E-state index contributed by atoms with van der Waals surface area (Å²) in [5.74, 6) is 0.694. The number of halogens is 1. The van der Waals surface area contributed by atoms with Crippen LogP contribution in [0.15, 0.2) is 40.9 Å². The molecule has 0 amide bonds. The van der Waals surface area contributed by atoms with E-state index in [4.69, 9.17) is 0 Å². The molecular formula is C16H16BrN. The van der Waals surface area contributed by atoms with Crippen LogP contribution < -0.4 is 0 Å². The summed E-state index contributed by atoms with van der Waals surface area (Å²) in [5, 5.41) is 2.62. The lowest BCUT2D eigenvalue weighted by molar-refractivity contribution is 0.648. The Labute approximate surface area is 115 Å². The summed E-state index contributed by atoms with van der Waals surface area (Å²) >= 11 is 3.60. The molecule has 1 N–H and O–H groups in total. The first-order chi connectivity index (χ1) is 8.65. The van der Waals surface area contributed by atoms with E-state index in [1.807, 2.05) is 0 Å². The van der Waals surface area contributed by atoms with Crippen LogP contribution in [0.5, 0.6) is 0 Å². The molecule has 0 spiro atoms. The summed E-state index contributed by atoms with van der Waals surface area (Å²) in [6, 6.07) is 13.1. The fourth-order valence-electron chi connectivity index (χ4n) is 2.53. The number of benzene rings is 2. The zero-order valence-corrected chi connectivity index (χ0v) is 12.2. The van der Waals surface area contributed by atoms with Crippen molar-refractivity contribution < 1.29 is 0 Å². The van der Waals surface area contributed by atoms with Crippen LogP contribution >= 0.6 is 15.9 Å². The van der Waals surface area contributed by atoms with Crippen molar-refractivity contribution in [2.24, 2.45) is 5.92 Å². The first kappa shape index (κ1) is 11.8. The lowest BCUT2D eigenvalue weighted by atomic mass is 10.0. The van der Waals surface area contributed by atoms with Crippen LogP contribution in [0.25, 0.3) is 21.8 Å². The molecule has 0 radical (unpaired) electrons. The van der Waals surface area contributed by atoms with E-state index in [1.54, 1.807) is 0 Å². The third kappa shape index (κ3) is 1.95. The molecule has 0 bridgehead atoms. The van der Waals surface area contributed by atoms with Crippen molar-refractivity contribution in [2.45, 2.75) is 20.3 Å². The second-order valence-electron chi connectivity index (χ2n) is 5.27. The van der Waals surface area contributed by atoms with Crippen LogP contribution in [-0.4, -0.2) is 4.98 Å². The van der Waals surface area contributed by atoms with Crippen molar-refractivity contribution in [3.8, 4) is 0 Å². The van der Waals surface area contributed by atoms with Crippen molar-refractivity contribution in [1.29, 1.82) is 0 Å². The number of H-pyrrole nitrogens is 1. The quantitative estimate of drug-likeness (QED) is 0.662. The number of aromatic nitrogens is 1. The Morgan fingerprint density at radius 1 is 1.11 bits per heavy atom. The summed E-state index contributed by atoms with van der Waals surface area (Å²) in [7, 11) is 0. The molecule has 0 unspecified atom stereocenters. The summed E-state index contributed by atoms with van der Waals surface area (Å²) in [4.78, 5) is 3.48. The van der Waals surface area contributed by atoms with Gasteiger partial charge in [0, 0.05) is 20.8 Å². The van der Waals surface area contributed by atoms with E-state index in [9.17, 15) is 0 Å². The molecule has 0 aliphatic heterocycles. The van der Waals surface area contributed by atoms with Gasteiger partial charge in [0.2, 0.25) is 0 Å². The van der Waals surface area contributed by atoms with E-state index in [0.717, 1.165) is 10.9 Å². The molecule has 3 aromatic rings. The average Bonchev–Trinajstić information content (AvgIpc) is 2.68. The van der Waals surface area contributed by atoms with Gasteiger partial charge in [0.05, 0.1) is 5.52 Å². The standard InChI is InChI=1S/C16H16BrN/c1-10(2)8-11-6-7-15-13(9-11)12-4-3-5-14(17)16(12)18-15/h3-7,9-10,18H,8H2,1-2H3. The smallest absolute Gasteiger partial charge is 0.0609 e. The monoisotopic (exact) mass is 301 g/mol. The maximum Gasteiger partial charge on any atom is 0.0609 e. The van der Waals surface area contributed by atoms with Crippen molar-refractivity contribution in [2.75, 3.05) is 0 Å². The molecule has 2 aromatic carbocycles. The van der Waals surface area contributed by atoms with Gasteiger partial charge in [0.1, 0.15) is 0 Å². The average molecular weight is 302 g/mol. The zero-order valence-electron chi connectivity index (χ0n) is 10.6. The van der Waals surface area contributed by atoms with Crippen LogP contribution in [0.4, 0.5) is 0 Å². The van der Waals surface area contributed by atoms with Crippen LogP contribution in [0, 0.1) is 5.92 Å². The largest absolute Gasteiger partial charge is 0.354 e. The number of rotatable bonds is 2. The zero-order chi connectivity index (χ0) is 12.7. The van der Waals surface area contributed by atoms with Gasteiger partial charge in [-0.3, -0.25) is 0 Å². The van der Waals surface area contributed by atoms with Gasteiger partial charge in [0.25, 0.3) is 0 Å². The topological polar surface area (TPSA) is 15.8 Å². The SMILES string of the molecule is CC(C)Cc1ccc2[nH]c3c(Br)cccc3c2c1. The highest BCUT2D eigenvalue weighted by Gasteiger charge is 2.07. The third-order valence-electron chi connectivity index (χ3n) is 3.29. The predicted molar refractivity (Wildman–Crippen MR) is 82.0 cm³/mol. The molecule has 18 heavy (non-hydrogen) atoms. The Hall–Kier alpha value is -1.28. The molecule has 0 saturated heterocycles. The van der Waals surface area contributed by atoms with Crippen molar-refractivity contribution in [3.05, 3.63) is 46.4 Å². The van der Waals surface area contributed by atoms with E-state index in [2.05, 4.69) is 71.2 Å². The molecule has 1 heterocycles. The molecule has 0 atom stereocenters. The minimum Gasteiger partial charge on any atom is -0.354 e. The summed E-state index contributed by atoms with van der Waals surface area (Å²) in [6.45, 7) is 4.52. The summed E-state index contributed by atoms with van der Waals surface area (Å²) in [6.07, 6.45) is 1.14. The van der Waals surface area contributed by atoms with Gasteiger partial charge in [-0.05, 0) is 52.0 Å². The third-order valence-corrected chi connectivity index (χ3v) is 3.95. The van der Waals surface area contributed by atoms with Crippen molar-refractivity contribution >= 4 is 37.7 Å². The van der Waals surface area contributed by atoms with Crippen LogP contribution in [0.2, 0.25) is 0 Å². The first-order valence-electron chi connectivity index (χ1n) is 6.34. The first-order valence-corrected chi connectivity index (χ1v) is 7.13. The Kier molecular flexibility index (Phi) is 2.90. The van der Waals surface area contributed by atoms with Crippen molar-refractivity contribution in [3.63, 3.8) is 0 Å².